The smallest absolute Gasteiger partial charge is 0.287 e. The predicted molar refractivity (Wildman–Crippen MR) is 83.7 cm³/mol. The fourth-order valence-corrected chi connectivity index (χ4v) is 2.25. The van der Waals surface area contributed by atoms with Crippen molar-refractivity contribution < 1.29 is 23.4 Å². The van der Waals surface area contributed by atoms with Gasteiger partial charge in [0.1, 0.15) is 0 Å². The highest BCUT2D eigenvalue weighted by atomic mass is 79.9. The van der Waals surface area contributed by atoms with Crippen LogP contribution in [0.2, 0.25) is 0 Å². The van der Waals surface area contributed by atoms with Crippen molar-refractivity contribution >= 4 is 21.8 Å². The summed E-state index contributed by atoms with van der Waals surface area (Å²) in [5.41, 5.74) is 0.813. The van der Waals surface area contributed by atoms with Gasteiger partial charge >= 0.3 is 0 Å². The van der Waals surface area contributed by atoms with Crippen LogP contribution < -0.4 is 19.5 Å². The van der Waals surface area contributed by atoms with E-state index in [9.17, 15) is 4.79 Å². The lowest BCUT2D eigenvalue weighted by Crippen LogP contribution is -2.22. The van der Waals surface area contributed by atoms with Crippen molar-refractivity contribution in [3.8, 4) is 17.2 Å². The van der Waals surface area contributed by atoms with Crippen LogP contribution in [-0.2, 0) is 6.54 Å². The van der Waals surface area contributed by atoms with Gasteiger partial charge in [0.15, 0.2) is 21.9 Å². The summed E-state index contributed by atoms with van der Waals surface area (Å²) in [4.78, 5) is 12.0. The average Bonchev–Trinajstić information content (AvgIpc) is 2.97. The molecule has 0 bridgehead atoms. The lowest BCUT2D eigenvalue weighted by Gasteiger charge is -2.14. The molecule has 6 nitrogen and oxygen atoms in total. The molecule has 1 amide bonds. The summed E-state index contributed by atoms with van der Waals surface area (Å²) in [5.74, 6) is 1.51. The number of amides is 1. The molecule has 1 N–H and O–H groups in total. The number of hydrogen-bond donors (Lipinski definition) is 1. The molecular formula is C15H16BrNO5. The summed E-state index contributed by atoms with van der Waals surface area (Å²) >= 11 is 3.16. The lowest BCUT2D eigenvalue weighted by molar-refractivity contribution is 0.0922. The van der Waals surface area contributed by atoms with Crippen LogP contribution in [0.1, 0.15) is 16.1 Å². The lowest BCUT2D eigenvalue weighted by atomic mass is 10.1. The summed E-state index contributed by atoms with van der Waals surface area (Å²) in [7, 11) is 4.62. The first kappa shape index (κ1) is 16.2. The molecule has 0 radical (unpaired) electrons. The third-order valence-electron chi connectivity index (χ3n) is 2.97. The van der Waals surface area contributed by atoms with E-state index in [2.05, 4.69) is 21.2 Å². The van der Waals surface area contributed by atoms with Crippen molar-refractivity contribution in [2.24, 2.45) is 0 Å². The molecule has 1 aromatic carbocycles. The maximum atomic E-state index is 12.0. The van der Waals surface area contributed by atoms with Gasteiger partial charge in [-0.2, -0.15) is 0 Å². The Morgan fingerprint density at radius 1 is 1.14 bits per heavy atom. The second-order valence-corrected chi connectivity index (χ2v) is 5.10. The molecule has 118 valence electrons. The van der Waals surface area contributed by atoms with Crippen LogP contribution in [0.15, 0.2) is 33.4 Å². The van der Waals surface area contributed by atoms with Gasteiger partial charge in [0.25, 0.3) is 5.91 Å². The van der Waals surface area contributed by atoms with E-state index in [0.29, 0.717) is 28.5 Å². The van der Waals surface area contributed by atoms with Crippen LogP contribution in [0.5, 0.6) is 17.2 Å². The molecule has 0 aliphatic heterocycles. The minimum absolute atomic E-state index is 0.235. The molecule has 2 aromatic rings. The van der Waals surface area contributed by atoms with Gasteiger partial charge in [-0.1, -0.05) is 0 Å². The van der Waals surface area contributed by atoms with Crippen molar-refractivity contribution in [1.29, 1.82) is 0 Å². The van der Waals surface area contributed by atoms with Gasteiger partial charge < -0.3 is 23.9 Å². The van der Waals surface area contributed by atoms with Gasteiger partial charge in [0.05, 0.1) is 21.3 Å². The van der Waals surface area contributed by atoms with Gasteiger partial charge in [-0.15, -0.1) is 0 Å². The molecule has 0 spiro atoms. The monoisotopic (exact) mass is 369 g/mol. The summed E-state index contributed by atoms with van der Waals surface area (Å²) in [5, 5.41) is 2.76. The second kappa shape index (κ2) is 7.22. The first-order valence-electron chi connectivity index (χ1n) is 6.41. The number of benzene rings is 1. The number of halogens is 1. The molecule has 7 heteroatoms. The van der Waals surface area contributed by atoms with Crippen LogP contribution in [0.4, 0.5) is 0 Å². The van der Waals surface area contributed by atoms with E-state index in [1.165, 1.54) is 7.11 Å². The van der Waals surface area contributed by atoms with Gasteiger partial charge in [-0.3, -0.25) is 4.79 Å². The summed E-state index contributed by atoms with van der Waals surface area (Å²) in [6, 6.07) is 6.81. The zero-order valence-electron chi connectivity index (χ0n) is 12.4. The van der Waals surface area contributed by atoms with Gasteiger partial charge in [-0.25, -0.2) is 0 Å². The van der Waals surface area contributed by atoms with Crippen LogP contribution in [0, 0.1) is 0 Å². The summed E-state index contributed by atoms with van der Waals surface area (Å²) < 4.78 is 21.5. The third-order valence-corrected chi connectivity index (χ3v) is 3.40. The first-order valence-corrected chi connectivity index (χ1v) is 7.20. The predicted octanol–water partition coefficient (Wildman–Crippen LogP) is 3.00. The highest BCUT2D eigenvalue weighted by Gasteiger charge is 2.15. The third kappa shape index (κ3) is 3.54. The molecule has 0 saturated carbocycles. The Morgan fingerprint density at radius 3 is 2.23 bits per heavy atom. The Labute approximate surface area is 136 Å². The molecule has 0 fully saturated rings. The van der Waals surface area contributed by atoms with E-state index >= 15 is 0 Å². The Bertz CT molecular complexity index is 643. The number of furan rings is 1. The number of ether oxygens (including phenoxy) is 3. The maximum Gasteiger partial charge on any atom is 0.287 e. The summed E-state index contributed by atoms with van der Waals surface area (Å²) in [6.45, 7) is 0.299. The zero-order valence-corrected chi connectivity index (χ0v) is 14.0. The van der Waals surface area contributed by atoms with Crippen molar-refractivity contribution in [3.63, 3.8) is 0 Å². The number of nitrogens with one attached hydrogen (secondary N) is 1. The van der Waals surface area contributed by atoms with Gasteiger partial charge in [-0.05, 0) is 45.8 Å². The molecule has 2 rings (SSSR count). The molecule has 0 unspecified atom stereocenters. The van der Waals surface area contributed by atoms with Crippen LogP contribution >= 0.6 is 15.9 Å². The highest BCUT2D eigenvalue weighted by molar-refractivity contribution is 9.10. The van der Waals surface area contributed by atoms with E-state index in [-0.39, 0.29) is 11.7 Å². The first-order chi connectivity index (χ1) is 10.6. The Morgan fingerprint density at radius 2 is 1.77 bits per heavy atom. The standard InChI is InChI=1S/C15H16BrNO5/c1-19-11-6-9(7-12(20-2)14(11)21-3)8-17-15(18)10-4-5-13(16)22-10/h4-7H,8H2,1-3H3,(H,17,18). The molecule has 22 heavy (non-hydrogen) atoms. The molecule has 0 aliphatic carbocycles. The van der Waals surface area contributed by atoms with E-state index in [0.717, 1.165) is 5.56 Å². The number of methoxy groups -OCH3 is 3. The fourth-order valence-electron chi connectivity index (χ4n) is 1.94. The molecule has 0 saturated heterocycles. The Hall–Kier alpha value is -2.15. The van der Waals surface area contributed by atoms with Crippen molar-refractivity contribution in [2.45, 2.75) is 6.54 Å². The molecule has 0 atom stereocenters. The number of hydrogen-bond acceptors (Lipinski definition) is 5. The molecule has 1 aromatic heterocycles. The minimum Gasteiger partial charge on any atom is -0.493 e. The quantitative estimate of drug-likeness (QED) is 0.847. The second-order valence-electron chi connectivity index (χ2n) is 4.32. The maximum absolute atomic E-state index is 12.0. The van der Waals surface area contributed by atoms with Crippen LogP contribution in [0.3, 0.4) is 0 Å². The van der Waals surface area contributed by atoms with Gasteiger partial charge in [0.2, 0.25) is 5.75 Å². The van der Waals surface area contributed by atoms with Crippen molar-refractivity contribution in [2.75, 3.05) is 21.3 Å². The highest BCUT2D eigenvalue weighted by Crippen LogP contribution is 2.38. The minimum atomic E-state index is -0.306. The van der Waals surface area contributed by atoms with E-state index < -0.39 is 0 Å². The normalized spacial score (nSPS) is 10.2. The molecule has 1 heterocycles. The SMILES string of the molecule is COc1cc(CNC(=O)c2ccc(Br)o2)cc(OC)c1OC. The van der Waals surface area contributed by atoms with Crippen molar-refractivity contribution in [1.82, 2.24) is 5.32 Å². The van der Waals surface area contributed by atoms with E-state index in [1.54, 1.807) is 38.5 Å². The number of rotatable bonds is 6. The largest absolute Gasteiger partial charge is 0.493 e. The van der Waals surface area contributed by atoms with Crippen LogP contribution in [-0.4, -0.2) is 27.2 Å². The number of carbonyl (C=O) groups is 1. The Balaban J connectivity index is 2.14. The van der Waals surface area contributed by atoms with Crippen molar-refractivity contribution in [3.05, 3.63) is 40.3 Å². The molecular weight excluding hydrogens is 354 g/mol. The van der Waals surface area contributed by atoms with E-state index in [1.807, 2.05) is 0 Å². The topological polar surface area (TPSA) is 69.9 Å². The van der Waals surface area contributed by atoms with Gasteiger partial charge in [0, 0.05) is 6.54 Å². The average molecular weight is 370 g/mol. The van der Waals surface area contributed by atoms with E-state index in [4.69, 9.17) is 18.6 Å². The van der Waals surface area contributed by atoms with Crippen LogP contribution in [0.25, 0.3) is 0 Å². The summed E-state index contributed by atoms with van der Waals surface area (Å²) in [6.07, 6.45) is 0. The fraction of sp³-hybridized carbons (Fsp3) is 0.267. The Kier molecular flexibility index (Phi) is 5.32. The number of carbonyl (C=O) groups excluding carboxylic acids is 1. The molecule has 0 aliphatic rings. The zero-order chi connectivity index (χ0) is 16.1.